The number of carbonyl (C=O) groups is 1. The molecule has 1 aliphatic heterocycles. The van der Waals surface area contributed by atoms with Crippen LogP contribution in [0.2, 0.25) is 0 Å². The molecule has 0 spiro atoms. The van der Waals surface area contributed by atoms with Gasteiger partial charge in [-0.25, -0.2) is 0 Å². The summed E-state index contributed by atoms with van der Waals surface area (Å²) >= 11 is 0. The summed E-state index contributed by atoms with van der Waals surface area (Å²) in [7, 11) is 2.14. The lowest BCUT2D eigenvalue weighted by Gasteiger charge is -2.37. The van der Waals surface area contributed by atoms with Gasteiger partial charge in [-0.15, -0.1) is 0 Å². The van der Waals surface area contributed by atoms with Gasteiger partial charge in [0, 0.05) is 12.1 Å². The van der Waals surface area contributed by atoms with Crippen molar-refractivity contribution in [3.8, 4) is 0 Å². The van der Waals surface area contributed by atoms with E-state index in [4.69, 9.17) is 4.42 Å². The first-order valence-corrected chi connectivity index (χ1v) is 6.80. The van der Waals surface area contributed by atoms with Crippen molar-refractivity contribution in [3.05, 3.63) is 24.2 Å². The lowest BCUT2D eigenvalue weighted by atomic mass is 10.0. The molecule has 1 aliphatic carbocycles. The molecule has 4 heteroatoms. The van der Waals surface area contributed by atoms with Crippen LogP contribution in [0.15, 0.2) is 22.8 Å². The number of amides is 1. The number of rotatable bonds is 3. The van der Waals surface area contributed by atoms with Crippen LogP contribution >= 0.6 is 0 Å². The normalized spacial score (nSPS) is 22.1. The molecule has 1 aromatic heterocycles. The van der Waals surface area contributed by atoms with Crippen molar-refractivity contribution in [3.63, 3.8) is 0 Å². The van der Waals surface area contributed by atoms with Crippen LogP contribution in [0.25, 0.3) is 0 Å². The Bertz CT molecular complexity index is 403. The Morgan fingerprint density at radius 2 is 1.94 bits per heavy atom. The minimum atomic E-state index is 0.0806. The zero-order valence-electron chi connectivity index (χ0n) is 10.8. The lowest BCUT2D eigenvalue weighted by Crippen LogP contribution is -2.47. The topological polar surface area (TPSA) is 36.7 Å². The van der Waals surface area contributed by atoms with Gasteiger partial charge in [-0.1, -0.05) is 0 Å². The first kappa shape index (κ1) is 11.8. The Labute approximate surface area is 108 Å². The Morgan fingerprint density at radius 3 is 2.50 bits per heavy atom. The highest BCUT2D eigenvalue weighted by atomic mass is 16.3. The van der Waals surface area contributed by atoms with Crippen LogP contribution in [0.4, 0.5) is 0 Å². The molecule has 0 N–H and O–H groups in total. The zero-order chi connectivity index (χ0) is 12.5. The van der Waals surface area contributed by atoms with Crippen LogP contribution in [0.1, 0.15) is 36.2 Å². The maximum atomic E-state index is 12.5. The summed E-state index contributed by atoms with van der Waals surface area (Å²) in [6, 6.07) is 4.40. The summed E-state index contributed by atoms with van der Waals surface area (Å²) < 4.78 is 5.26. The number of piperidine rings is 1. The van der Waals surface area contributed by atoms with Crippen LogP contribution in [0.5, 0.6) is 0 Å². The van der Waals surface area contributed by atoms with E-state index in [1.165, 1.54) is 0 Å². The molecule has 0 aromatic carbocycles. The number of carbonyl (C=O) groups excluding carboxylic acids is 1. The molecule has 4 nitrogen and oxygen atoms in total. The largest absolute Gasteiger partial charge is 0.459 e. The second kappa shape index (κ2) is 4.76. The van der Waals surface area contributed by atoms with E-state index in [1.807, 2.05) is 0 Å². The van der Waals surface area contributed by atoms with E-state index in [0.717, 1.165) is 38.8 Å². The number of furan rings is 1. The van der Waals surface area contributed by atoms with E-state index in [-0.39, 0.29) is 5.91 Å². The molecule has 0 atom stereocenters. The van der Waals surface area contributed by atoms with Crippen molar-refractivity contribution in [2.45, 2.75) is 37.8 Å². The van der Waals surface area contributed by atoms with Gasteiger partial charge >= 0.3 is 0 Å². The van der Waals surface area contributed by atoms with Gasteiger partial charge in [0.2, 0.25) is 0 Å². The molecule has 3 rings (SSSR count). The highest BCUT2D eigenvalue weighted by Gasteiger charge is 2.39. The van der Waals surface area contributed by atoms with Gasteiger partial charge in [-0.2, -0.15) is 0 Å². The summed E-state index contributed by atoms with van der Waals surface area (Å²) in [5.41, 5.74) is 0. The molecule has 0 bridgehead atoms. The van der Waals surface area contributed by atoms with Crippen molar-refractivity contribution in [2.24, 2.45) is 0 Å². The molecule has 2 heterocycles. The molecule has 2 fully saturated rings. The van der Waals surface area contributed by atoms with E-state index in [9.17, 15) is 4.79 Å². The maximum Gasteiger partial charge on any atom is 0.290 e. The third kappa shape index (κ3) is 2.29. The van der Waals surface area contributed by atoms with Gasteiger partial charge in [-0.05, 0) is 58.0 Å². The van der Waals surface area contributed by atoms with Crippen LogP contribution < -0.4 is 0 Å². The molecule has 1 aromatic rings. The highest BCUT2D eigenvalue weighted by Crippen LogP contribution is 2.33. The van der Waals surface area contributed by atoms with Gasteiger partial charge < -0.3 is 14.2 Å². The lowest BCUT2D eigenvalue weighted by molar-refractivity contribution is 0.0538. The fraction of sp³-hybridized carbons (Fsp3) is 0.643. The molecular formula is C14H20N2O2. The molecule has 1 saturated carbocycles. The van der Waals surface area contributed by atoms with Crippen molar-refractivity contribution < 1.29 is 9.21 Å². The quantitative estimate of drug-likeness (QED) is 0.820. The standard InChI is InChI=1S/C14H20N2O2/c1-15-8-6-12(7-9-15)16(11-4-5-11)14(17)13-3-2-10-18-13/h2-3,10-12H,4-9H2,1H3. The first-order chi connectivity index (χ1) is 8.75. The van der Waals surface area contributed by atoms with Gasteiger partial charge in [0.05, 0.1) is 6.26 Å². The molecule has 18 heavy (non-hydrogen) atoms. The third-order valence-electron chi connectivity index (χ3n) is 3.99. The summed E-state index contributed by atoms with van der Waals surface area (Å²) in [5.74, 6) is 0.567. The fourth-order valence-corrected chi connectivity index (χ4v) is 2.78. The van der Waals surface area contributed by atoms with Crippen LogP contribution in [0, 0.1) is 0 Å². The van der Waals surface area contributed by atoms with Crippen molar-refractivity contribution in [1.82, 2.24) is 9.80 Å². The Morgan fingerprint density at radius 1 is 1.28 bits per heavy atom. The molecule has 98 valence electrons. The zero-order valence-corrected chi connectivity index (χ0v) is 10.8. The Balaban J connectivity index is 1.74. The summed E-state index contributed by atoms with van der Waals surface area (Å²) in [4.78, 5) is 16.9. The van der Waals surface area contributed by atoms with Crippen molar-refractivity contribution in [1.29, 1.82) is 0 Å². The van der Waals surface area contributed by atoms with E-state index in [1.54, 1.807) is 18.4 Å². The summed E-state index contributed by atoms with van der Waals surface area (Å²) in [6.45, 7) is 2.17. The van der Waals surface area contributed by atoms with Crippen LogP contribution in [0.3, 0.4) is 0 Å². The van der Waals surface area contributed by atoms with Gasteiger partial charge in [0.1, 0.15) is 0 Å². The molecular weight excluding hydrogens is 228 g/mol. The third-order valence-corrected chi connectivity index (χ3v) is 3.99. The number of hydrogen-bond acceptors (Lipinski definition) is 3. The highest BCUT2D eigenvalue weighted by molar-refractivity contribution is 5.92. The molecule has 0 unspecified atom stereocenters. The van der Waals surface area contributed by atoms with Crippen LogP contribution in [-0.2, 0) is 0 Å². The summed E-state index contributed by atoms with van der Waals surface area (Å²) in [5, 5.41) is 0. The van der Waals surface area contributed by atoms with Gasteiger partial charge in [-0.3, -0.25) is 4.79 Å². The first-order valence-electron chi connectivity index (χ1n) is 6.80. The number of nitrogens with zero attached hydrogens (tertiary/aromatic N) is 2. The second-order valence-electron chi connectivity index (χ2n) is 5.46. The Kier molecular flexibility index (Phi) is 3.12. The SMILES string of the molecule is CN1CCC(N(C(=O)c2ccco2)C2CC2)CC1. The Hall–Kier alpha value is -1.29. The van der Waals surface area contributed by atoms with Crippen molar-refractivity contribution in [2.75, 3.05) is 20.1 Å². The number of hydrogen-bond donors (Lipinski definition) is 0. The minimum Gasteiger partial charge on any atom is -0.459 e. The predicted octanol–water partition coefficient (Wildman–Crippen LogP) is 1.98. The van der Waals surface area contributed by atoms with Gasteiger partial charge in [0.15, 0.2) is 5.76 Å². The van der Waals surface area contributed by atoms with Crippen molar-refractivity contribution >= 4 is 5.91 Å². The van der Waals surface area contributed by atoms with E-state index in [0.29, 0.717) is 17.8 Å². The second-order valence-corrected chi connectivity index (χ2v) is 5.46. The maximum absolute atomic E-state index is 12.5. The molecule has 2 aliphatic rings. The monoisotopic (exact) mass is 248 g/mol. The van der Waals surface area contributed by atoms with Crippen LogP contribution in [-0.4, -0.2) is 47.9 Å². The van der Waals surface area contributed by atoms with Gasteiger partial charge in [0.25, 0.3) is 5.91 Å². The average molecular weight is 248 g/mol. The van der Waals surface area contributed by atoms with E-state index in [2.05, 4.69) is 16.8 Å². The predicted molar refractivity (Wildman–Crippen MR) is 68.4 cm³/mol. The molecule has 1 amide bonds. The smallest absolute Gasteiger partial charge is 0.290 e. The molecule has 0 radical (unpaired) electrons. The molecule has 1 saturated heterocycles. The van der Waals surface area contributed by atoms with E-state index >= 15 is 0 Å². The van der Waals surface area contributed by atoms with E-state index < -0.39 is 0 Å². The summed E-state index contributed by atoms with van der Waals surface area (Å²) in [6.07, 6.45) is 6.05. The number of likely N-dealkylation sites (tertiary alicyclic amines) is 1. The fourth-order valence-electron chi connectivity index (χ4n) is 2.78. The average Bonchev–Trinajstić information content (AvgIpc) is 3.05. The minimum absolute atomic E-state index is 0.0806.